The topological polar surface area (TPSA) is 37.3 Å². The number of carboxylic acids is 1. The molecule has 1 N–H and O–H groups in total. The first-order valence-electron chi connectivity index (χ1n) is 6.98. The van der Waals surface area contributed by atoms with Crippen molar-refractivity contribution in [3.8, 4) is 0 Å². The van der Waals surface area contributed by atoms with E-state index >= 15 is 0 Å². The Morgan fingerprint density at radius 3 is 2.35 bits per heavy atom. The number of aliphatic carboxylic acids is 1. The standard InChI is InChI=1S/C15H22O2/c1-13(2)9-7-5-15(6-8(7)12(16)17)11(10(9)13)14(15,3)4/h7-11H,5-6H2,1-4H3,(H,16,17). The molecular formula is C15H22O2. The predicted molar refractivity (Wildman–Crippen MR) is 64.3 cm³/mol. The highest BCUT2D eigenvalue weighted by molar-refractivity contribution is 5.72. The second-order valence-electron chi connectivity index (χ2n) is 8.25. The predicted octanol–water partition coefficient (Wildman–Crippen LogP) is 3.03. The number of hydrogen-bond donors (Lipinski definition) is 1. The molecule has 4 aliphatic rings. The number of fused-ring (bicyclic) bond motifs is 4. The number of carboxylic acid groups (broad SMARTS) is 1. The molecule has 0 aromatic heterocycles. The molecule has 0 aromatic rings. The summed E-state index contributed by atoms with van der Waals surface area (Å²) < 4.78 is 0. The first kappa shape index (κ1) is 10.4. The van der Waals surface area contributed by atoms with Gasteiger partial charge in [0, 0.05) is 0 Å². The Kier molecular flexibility index (Phi) is 1.41. The van der Waals surface area contributed by atoms with E-state index in [0.717, 1.165) is 18.3 Å². The summed E-state index contributed by atoms with van der Waals surface area (Å²) >= 11 is 0. The molecule has 0 amide bonds. The van der Waals surface area contributed by atoms with E-state index in [9.17, 15) is 9.90 Å². The van der Waals surface area contributed by atoms with Gasteiger partial charge in [-0.1, -0.05) is 27.7 Å². The van der Waals surface area contributed by atoms with E-state index in [-0.39, 0.29) is 5.92 Å². The van der Waals surface area contributed by atoms with Gasteiger partial charge in [-0.3, -0.25) is 4.79 Å². The highest BCUT2D eigenvalue weighted by Crippen LogP contribution is 2.92. The van der Waals surface area contributed by atoms with Gasteiger partial charge >= 0.3 is 5.97 Å². The Bertz CT molecular complexity index is 436. The second kappa shape index (κ2) is 2.31. The van der Waals surface area contributed by atoms with Crippen LogP contribution in [0, 0.1) is 45.8 Å². The average Bonchev–Trinajstić information content (AvgIpc) is 2.81. The average molecular weight is 234 g/mol. The highest BCUT2D eigenvalue weighted by Gasteiger charge is 2.87. The summed E-state index contributed by atoms with van der Waals surface area (Å²) in [5, 5.41) is 9.47. The molecule has 4 saturated carbocycles. The van der Waals surface area contributed by atoms with Crippen LogP contribution in [0.4, 0.5) is 0 Å². The Labute approximate surface area is 103 Å². The van der Waals surface area contributed by atoms with Crippen molar-refractivity contribution in [2.24, 2.45) is 45.8 Å². The summed E-state index contributed by atoms with van der Waals surface area (Å²) in [6.07, 6.45) is 2.17. The van der Waals surface area contributed by atoms with Crippen molar-refractivity contribution >= 4 is 5.97 Å². The van der Waals surface area contributed by atoms with Gasteiger partial charge in [-0.2, -0.15) is 0 Å². The zero-order chi connectivity index (χ0) is 12.4. The van der Waals surface area contributed by atoms with Crippen molar-refractivity contribution in [3.63, 3.8) is 0 Å². The molecule has 4 fully saturated rings. The van der Waals surface area contributed by atoms with Gasteiger partial charge in [0.1, 0.15) is 0 Å². The Hall–Kier alpha value is -0.530. The van der Waals surface area contributed by atoms with Gasteiger partial charge in [-0.25, -0.2) is 0 Å². The lowest BCUT2D eigenvalue weighted by Gasteiger charge is -2.18. The molecule has 0 aliphatic heterocycles. The fourth-order valence-electron chi connectivity index (χ4n) is 6.57. The zero-order valence-electron chi connectivity index (χ0n) is 11.2. The molecule has 2 heteroatoms. The maximum Gasteiger partial charge on any atom is 0.306 e. The quantitative estimate of drug-likeness (QED) is 0.757. The lowest BCUT2D eigenvalue weighted by molar-refractivity contribution is -0.143. The Balaban J connectivity index is 1.81. The van der Waals surface area contributed by atoms with Crippen LogP contribution in [0.1, 0.15) is 40.5 Å². The van der Waals surface area contributed by atoms with E-state index in [1.54, 1.807) is 0 Å². The molecule has 4 aliphatic carbocycles. The molecule has 94 valence electrons. The molecule has 2 nitrogen and oxygen atoms in total. The van der Waals surface area contributed by atoms with Gasteiger partial charge in [0.05, 0.1) is 5.92 Å². The van der Waals surface area contributed by atoms with Crippen LogP contribution in [0.3, 0.4) is 0 Å². The summed E-state index contributed by atoms with van der Waals surface area (Å²) in [6, 6.07) is 0. The molecule has 0 aromatic carbocycles. The maximum atomic E-state index is 11.5. The van der Waals surface area contributed by atoms with Gasteiger partial charge in [0.15, 0.2) is 0 Å². The van der Waals surface area contributed by atoms with Crippen LogP contribution in [0.2, 0.25) is 0 Å². The van der Waals surface area contributed by atoms with Crippen molar-refractivity contribution < 1.29 is 9.90 Å². The van der Waals surface area contributed by atoms with Crippen molar-refractivity contribution in [2.45, 2.75) is 40.5 Å². The van der Waals surface area contributed by atoms with Crippen LogP contribution >= 0.6 is 0 Å². The Morgan fingerprint density at radius 2 is 1.76 bits per heavy atom. The van der Waals surface area contributed by atoms with E-state index in [1.165, 1.54) is 6.42 Å². The van der Waals surface area contributed by atoms with Gasteiger partial charge in [-0.15, -0.1) is 0 Å². The van der Waals surface area contributed by atoms with Crippen molar-refractivity contribution in [1.82, 2.24) is 0 Å². The molecule has 1 spiro atoms. The fourth-order valence-corrected chi connectivity index (χ4v) is 6.57. The van der Waals surface area contributed by atoms with Gasteiger partial charge in [0.2, 0.25) is 0 Å². The molecular weight excluding hydrogens is 212 g/mol. The third kappa shape index (κ3) is 0.821. The van der Waals surface area contributed by atoms with Crippen LogP contribution in [-0.4, -0.2) is 11.1 Å². The van der Waals surface area contributed by atoms with Crippen LogP contribution in [0.25, 0.3) is 0 Å². The van der Waals surface area contributed by atoms with E-state index in [2.05, 4.69) is 27.7 Å². The highest BCUT2D eigenvalue weighted by atomic mass is 16.4. The van der Waals surface area contributed by atoms with Crippen LogP contribution in [-0.2, 0) is 4.79 Å². The van der Waals surface area contributed by atoms with Crippen LogP contribution < -0.4 is 0 Å². The van der Waals surface area contributed by atoms with Gasteiger partial charge in [0.25, 0.3) is 0 Å². The largest absolute Gasteiger partial charge is 0.481 e. The summed E-state index contributed by atoms with van der Waals surface area (Å²) in [5.74, 6) is 2.24. The molecule has 0 radical (unpaired) electrons. The van der Waals surface area contributed by atoms with Crippen LogP contribution in [0.5, 0.6) is 0 Å². The van der Waals surface area contributed by atoms with Gasteiger partial charge < -0.3 is 5.11 Å². The second-order valence-corrected chi connectivity index (χ2v) is 8.25. The molecule has 17 heavy (non-hydrogen) atoms. The fraction of sp³-hybridized carbons (Fsp3) is 0.933. The van der Waals surface area contributed by atoms with E-state index in [0.29, 0.717) is 28.1 Å². The van der Waals surface area contributed by atoms with E-state index in [4.69, 9.17) is 0 Å². The molecule has 4 rings (SSSR count). The monoisotopic (exact) mass is 234 g/mol. The van der Waals surface area contributed by atoms with Crippen molar-refractivity contribution in [1.29, 1.82) is 0 Å². The van der Waals surface area contributed by atoms with Crippen LogP contribution in [0.15, 0.2) is 0 Å². The lowest BCUT2D eigenvalue weighted by atomic mass is 9.86. The third-order valence-corrected chi connectivity index (χ3v) is 7.41. The summed E-state index contributed by atoms with van der Waals surface area (Å²) in [5.41, 5.74) is 1.22. The molecule has 2 bridgehead atoms. The minimum Gasteiger partial charge on any atom is -0.481 e. The normalized spacial score (nSPS) is 59.2. The zero-order valence-corrected chi connectivity index (χ0v) is 11.2. The minimum absolute atomic E-state index is 0.0453. The summed E-state index contributed by atoms with van der Waals surface area (Å²) in [6.45, 7) is 9.50. The maximum absolute atomic E-state index is 11.5. The summed E-state index contributed by atoms with van der Waals surface area (Å²) in [4.78, 5) is 11.5. The van der Waals surface area contributed by atoms with Crippen molar-refractivity contribution in [3.05, 3.63) is 0 Å². The molecule has 0 heterocycles. The molecule has 6 unspecified atom stereocenters. The number of rotatable bonds is 1. The van der Waals surface area contributed by atoms with Gasteiger partial charge in [-0.05, 0) is 52.8 Å². The Morgan fingerprint density at radius 1 is 1.12 bits per heavy atom. The minimum atomic E-state index is -0.531. The van der Waals surface area contributed by atoms with E-state index in [1.807, 2.05) is 0 Å². The first-order chi connectivity index (χ1) is 7.75. The first-order valence-corrected chi connectivity index (χ1v) is 6.98. The van der Waals surface area contributed by atoms with E-state index < -0.39 is 5.97 Å². The molecule has 6 atom stereocenters. The number of hydrogen-bond acceptors (Lipinski definition) is 1. The van der Waals surface area contributed by atoms with Crippen molar-refractivity contribution in [2.75, 3.05) is 0 Å². The smallest absolute Gasteiger partial charge is 0.306 e. The summed E-state index contributed by atoms with van der Waals surface area (Å²) in [7, 11) is 0. The molecule has 0 saturated heterocycles. The third-order valence-electron chi connectivity index (χ3n) is 7.41. The lowest BCUT2D eigenvalue weighted by Crippen LogP contribution is -2.21. The SMILES string of the molecule is CC1(C)C2C3CC4(CC3C(=O)O)C(C21)C4(C)C. The number of carbonyl (C=O) groups is 1.